The Morgan fingerprint density at radius 2 is 1.64 bits per heavy atom. The van der Waals surface area contributed by atoms with Crippen molar-refractivity contribution < 1.29 is 19.1 Å². The SMILES string of the molecule is COc1ccc(CNC(=O)N2CCC(C(=O)NC3C4CC5CC(C4)CC3C5)CC2)c(OC)c1. The zero-order chi connectivity index (χ0) is 22.9. The number of nitrogens with one attached hydrogen (secondary N) is 2. The quantitative estimate of drug-likeness (QED) is 0.687. The van der Waals surface area contributed by atoms with Crippen LogP contribution in [0.1, 0.15) is 50.5 Å². The number of piperidine rings is 1. The Bertz CT molecular complexity index is 852. The molecule has 4 aliphatic carbocycles. The summed E-state index contributed by atoms with van der Waals surface area (Å²) in [5.74, 6) is 4.88. The Kier molecular flexibility index (Phi) is 6.39. The van der Waals surface area contributed by atoms with Crippen molar-refractivity contribution in [2.45, 2.75) is 57.5 Å². The number of rotatable bonds is 6. The summed E-state index contributed by atoms with van der Waals surface area (Å²) >= 11 is 0. The van der Waals surface area contributed by atoms with E-state index in [0.29, 0.717) is 43.3 Å². The number of benzene rings is 1. The molecule has 4 saturated carbocycles. The minimum atomic E-state index is -0.0900. The molecular formula is C26H37N3O4. The Morgan fingerprint density at radius 1 is 0.970 bits per heavy atom. The van der Waals surface area contributed by atoms with E-state index in [1.54, 1.807) is 14.2 Å². The van der Waals surface area contributed by atoms with E-state index in [2.05, 4.69) is 10.6 Å². The molecule has 180 valence electrons. The van der Waals surface area contributed by atoms with Crippen LogP contribution in [0.3, 0.4) is 0 Å². The van der Waals surface area contributed by atoms with Gasteiger partial charge in [0.15, 0.2) is 0 Å². The molecule has 1 aromatic rings. The topological polar surface area (TPSA) is 79.9 Å². The van der Waals surface area contributed by atoms with Crippen molar-refractivity contribution in [1.82, 2.24) is 15.5 Å². The number of methoxy groups -OCH3 is 2. The Hall–Kier alpha value is -2.44. The molecule has 0 aromatic heterocycles. The highest BCUT2D eigenvalue weighted by molar-refractivity contribution is 5.80. The fourth-order valence-electron chi connectivity index (χ4n) is 7.07. The van der Waals surface area contributed by atoms with Crippen LogP contribution >= 0.6 is 0 Å². The summed E-state index contributed by atoms with van der Waals surface area (Å²) in [7, 11) is 3.22. The van der Waals surface area contributed by atoms with Crippen molar-refractivity contribution in [2.24, 2.45) is 29.6 Å². The molecule has 0 spiro atoms. The number of nitrogens with zero attached hydrogens (tertiary/aromatic N) is 1. The number of hydrogen-bond acceptors (Lipinski definition) is 4. The molecule has 1 aromatic carbocycles. The summed E-state index contributed by atoms with van der Waals surface area (Å²) < 4.78 is 10.6. The maximum atomic E-state index is 13.0. The first kappa shape index (κ1) is 22.4. The highest BCUT2D eigenvalue weighted by Gasteiger charge is 2.49. The number of carbonyl (C=O) groups is 2. The number of hydrogen-bond donors (Lipinski definition) is 2. The zero-order valence-electron chi connectivity index (χ0n) is 19.8. The van der Waals surface area contributed by atoms with E-state index < -0.39 is 0 Å². The van der Waals surface area contributed by atoms with Crippen molar-refractivity contribution in [3.05, 3.63) is 23.8 Å². The van der Waals surface area contributed by atoms with Gasteiger partial charge in [0.1, 0.15) is 11.5 Å². The lowest BCUT2D eigenvalue weighted by molar-refractivity contribution is -0.130. The van der Waals surface area contributed by atoms with Gasteiger partial charge in [0, 0.05) is 43.2 Å². The number of likely N-dealkylation sites (tertiary alicyclic amines) is 1. The van der Waals surface area contributed by atoms with Gasteiger partial charge in [-0.15, -0.1) is 0 Å². The zero-order valence-corrected chi connectivity index (χ0v) is 19.8. The van der Waals surface area contributed by atoms with Crippen molar-refractivity contribution in [3.8, 4) is 11.5 Å². The number of urea groups is 1. The standard InChI is InChI=1S/C26H37N3O4/c1-32-22-4-3-19(23(14-22)33-2)15-27-26(31)29-7-5-18(6-8-29)25(30)28-24-20-10-16-9-17(12-20)13-21(24)11-16/h3-4,14,16-18,20-21,24H,5-13,15H2,1-2H3,(H,27,31)(H,28,30). The van der Waals surface area contributed by atoms with E-state index in [9.17, 15) is 9.59 Å². The lowest BCUT2D eigenvalue weighted by Gasteiger charge is -2.54. The second-order valence-electron chi connectivity index (χ2n) is 10.6. The van der Waals surface area contributed by atoms with Gasteiger partial charge >= 0.3 is 6.03 Å². The lowest BCUT2D eigenvalue weighted by Crippen LogP contribution is -2.57. The summed E-state index contributed by atoms with van der Waals surface area (Å²) in [6, 6.07) is 5.88. The summed E-state index contributed by atoms with van der Waals surface area (Å²) in [5, 5.41) is 6.45. The molecule has 5 aliphatic rings. The van der Waals surface area contributed by atoms with Gasteiger partial charge in [0.2, 0.25) is 5.91 Å². The third-order valence-electron chi connectivity index (χ3n) is 8.61. The molecule has 2 N–H and O–H groups in total. The second-order valence-corrected chi connectivity index (χ2v) is 10.6. The molecule has 1 aliphatic heterocycles. The maximum Gasteiger partial charge on any atom is 0.317 e. The summed E-state index contributed by atoms with van der Waals surface area (Å²) in [4.78, 5) is 27.6. The van der Waals surface area contributed by atoms with Gasteiger partial charge in [-0.2, -0.15) is 0 Å². The van der Waals surface area contributed by atoms with Crippen molar-refractivity contribution >= 4 is 11.9 Å². The smallest absolute Gasteiger partial charge is 0.317 e. The second kappa shape index (κ2) is 9.43. The highest BCUT2D eigenvalue weighted by atomic mass is 16.5. The van der Waals surface area contributed by atoms with Gasteiger partial charge in [-0.3, -0.25) is 4.79 Å². The maximum absolute atomic E-state index is 13.0. The van der Waals surface area contributed by atoms with E-state index >= 15 is 0 Å². The van der Waals surface area contributed by atoms with Gasteiger partial charge in [0.25, 0.3) is 0 Å². The van der Waals surface area contributed by atoms with Crippen LogP contribution in [-0.2, 0) is 11.3 Å². The van der Waals surface area contributed by atoms with Crippen LogP contribution in [-0.4, -0.2) is 50.2 Å². The van der Waals surface area contributed by atoms with E-state index in [0.717, 1.165) is 36.0 Å². The lowest BCUT2D eigenvalue weighted by atomic mass is 9.54. The van der Waals surface area contributed by atoms with Crippen LogP contribution in [0.25, 0.3) is 0 Å². The molecule has 1 heterocycles. The van der Waals surface area contributed by atoms with E-state index in [4.69, 9.17) is 9.47 Å². The normalized spacial score (nSPS) is 30.7. The molecule has 6 rings (SSSR count). The highest BCUT2D eigenvalue weighted by Crippen LogP contribution is 2.53. The first-order valence-electron chi connectivity index (χ1n) is 12.6. The third-order valence-corrected chi connectivity index (χ3v) is 8.61. The molecule has 4 bridgehead atoms. The summed E-state index contributed by atoms with van der Waals surface area (Å²) in [6.07, 6.45) is 8.16. The largest absolute Gasteiger partial charge is 0.497 e. The molecule has 0 unspecified atom stereocenters. The van der Waals surface area contributed by atoms with Gasteiger partial charge in [-0.05, 0) is 80.8 Å². The van der Waals surface area contributed by atoms with Crippen LogP contribution in [0.4, 0.5) is 4.79 Å². The minimum absolute atomic E-state index is 0.0212. The first-order chi connectivity index (χ1) is 16.0. The summed E-state index contributed by atoms with van der Waals surface area (Å²) in [5.41, 5.74) is 0.900. The fraction of sp³-hybridized carbons (Fsp3) is 0.692. The number of ether oxygens (including phenoxy) is 2. The molecule has 3 amide bonds. The van der Waals surface area contributed by atoms with Crippen LogP contribution in [0, 0.1) is 29.6 Å². The molecule has 7 nitrogen and oxygen atoms in total. The predicted molar refractivity (Wildman–Crippen MR) is 125 cm³/mol. The van der Waals surface area contributed by atoms with E-state index in [1.165, 1.54) is 32.1 Å². The summed E-state index contributed by atoms with van der Waals surface area (Å²) in [6.45, 7) is 1.62. The van der Waals surface area contributed by atoms with Crippen LogP contribution in [0.2, 0.25) is 0 Å². The Labute approximate surface area is 196 Å². The molecular weight excluding hydrogens is 418 g/mol. The van der Waals surface area contributed by atoms with E-state index in [-0.39, 0.29) is 17.9 Å². The molecule has 33 heavy (non-hydrogen) atoms. The molecule has 1 saturated heterocycles. The average molecular weight is 456 g/mol. The van der Waals surface area contributed by atoms with Crippen molar-refractivity contribution in [1.29, 1.82) is 0 Å². The van der Waals surface area contributed by atoms with Gasteiger partial charge < -0.3 is 25.0 Å². The average Bonchev–Trinajstić information content (AvgIpc) is 2.84. The van der Waals surface area contributed by atoms with Gasteiger partial charge in [-0.25, -0.2) is 4.79 Å². The van der Waals surface area contributed by atoms with Crippen LogP contribution in [0.15, 0.2) is 18.2 Å². The van der Waals surface area contributed by atoms with Crippen LogP contribution in [0.5, 0.6) is 11.5 Å². The van der Waals surface area contributed by atoms with Crippen molar-refractivity contribution in [3.63, 3.8) is 0 Å². The molecule has 7 heteroatoms. The Balaban J connectivity index is 1.08. The fourth-order valence-corrected chi connectivity index (χ4v) is 7.07. The third kappa shape index (κ3) is 4.64. The number of carbonyl (C=O) groups excluding carboxylic acids is 2. The number of amides is 3. The Morgan fingerprint density at radius 3 is 2.24 bits per heavy atom. The van der Waals surface area contributed by atoms with Gasteiger partial charge in [0.05, 0.1) is 14.2 Å². The predicted octanol–water partition coefficient (Wildman–Crippen LogP) is 3.57. The first-order valence-corrected chi connectivity index (χ1v) is 12.6. The molecule has 0 atom stereocenters. The van der Waals surface area contributed by atoms with E-state index in [1.807, 2.05) is 23.1 Å². The van der Waals surface area contributed by atoms with Crippen LogP contribution < -0.4 is 20.1 Å². The molecule has 5 fully saturated rings. The monoisotopic (exact) mass is 455 g/mol. The molecule has 0 radical (unpaired) electrons. The van der Waals surface area contributed by atoms with Gasteiger partial charge in [-0.1, -0.05) is 0 Å². The van der Waals surface area contributed by atoms with Crippen molar-refractivity contribution in [2.75, 3.05) is 27.3 Å². The minimum Gasteiger partial charge on any atom is -0.497 e.